The van der Waals surface area contributed by atoms with Crippen LogP contribution in [0, 0.1) is 5.92 Å². The minimum atomic E-state index is 0.0822. The van der Waals surface area contributed by atoms with Crippen LogP contribution in [-0.2, 0) is 4.79 Å². The van der Waals surface area contributed by atoms with E-state index in [1.54, 1.807) is 0 Å². The number of carbonyl (C=O) groups is 1. The Morgan fingerprint density at radius 3 is 2.64 bits per heavy atom. The van der Waals surface area contributed by atoms with E-state index in [0.717, 1.165) is 25.3 Å². The molecule has 2 unspecified atom stereocenters. The second kappa shape index (κ2) is 4.21. The molecular weight excluding hydrogens is 242 g/mol. The molecule has 0 aromatic carbocycles. The highest BCUT2D eigenvalue weighted by molar-refractivity contribution is 9.10. The predicted molar refractivity (Wildman–Crippen MR) is 60.5 cm³/mol. The van der Waals surface area contributed by atoms with Crippen LogP contribution in [0.25, 0.3) is 0 Å². The van der Waals surface area contributed by atoms with Gasteiger partial charge in [-0.2, -0.15) is 0 Å². The molecule has 1 aliphatic carbocycles. The van der Waals surface area contributed by atoms with Gasteiger partial charge in [0, 0.05) is 12.6 Å². The number of piperidine rings is 1. The summed E-state index contributed by atoms with van der Waals surface area (Å²) in [7, 11) is 0. The van der Waals surface area contributed by atoms with Gasteiger partial charge in [0.2, 0.25) is 5.91 Å². The molecule has 0 aromatic rings. The molecule has 0 radical (unpaired) electrons. The van der Waals surface area contributed by atoms with Crippen molar-refractivity contribution >= 4 is 21.8 Å². The molecule has 0 bridgehead atoms. The van der Waals surface area contributed by atoms with Gasteiger partial charge in [0.25, 0.3) is 0 Å². The van der Waals surface area contributed by atoms with E-state index in [1.807, 2.05) is 0 Å². The molecule has 0 N–H and O–H groups in total. The molecule has 2 atom stereocenters. The maximum Gasteiger partial charge on any atom is 0.236 e. The molecule has 0 spiro atoms. The van der Waals surface area contributed by atoms with Gasteiger partial charge in [-0.3, -0.25) is 4.79 Å². The fourth-order valence-corrected chi connectivity index (χ4v) is 3.02. The standard InChI is InChI=1S/C11H18BrNO/c1-8(9-4-2-5-9)13-7-3-6-10(12)11(13)14/h8-10H,2-7H2,1H3. The van der Waals surface area contributed by atoms with Gasteiger partial charge in [0.1, 0.15) is 0 Å². The minimum absolute atomic E-state index is 0.0822. The summed E-state index contributed by atoms with van der Waals surface area (Å²) >= 11 is 3.46. The zero-order valence-electron chi connectivity index (χ0n) is 8.71. The first kappa shape index (κ1) is 10.5. The first-order valence-electron chi connectivity index (χ1n) is 5.64. The number of carbonyl (C=O) groups excluding carboxylic acids is 1. The van der Waals surface area contributed by atoms with E-state index in [9.17, 15) is 4.79 Å². The Bertz CT molecular complexity index is 227. The average Bonchev–Trinajstić information content (AvgIpc) is 2.06. The van der Waals surface area contributed by atoms with E-state index in [2.05, 4.69) is 27.8 Å². The van der Waals surface area contributed by atoms with Crippen LogP contribution in [0.2, 0.25) is 0 Å². The summed E-state index contributed by atoms with van der Waals surface area (Å²) in [6.07, 6.45) is 6.15. The maximum absolute atomic E-state index is 11.9. The summed E-state index contributed by atoms with van der Waals surface area (Å²) in [4.78, 5) is 14.1. The molecule has 3 heteroatoms. The van der Waals surface area contributed by atoms with E-state index in [-0.39, 0.29) is 4.83 Å². The van der Waals surface area contributed by atoms with Crippen LogP contribution in [0.4, 0.5) is 0 Å². The molecule has 14 heavy (non-hydrogen) atoms. The Morgan fingerprint density at radius 2 is 2.07 bits per heavy atom. The van der Waals surface area contributed by atoms with Crippen molar-refractivity contribution in [1.29, 1.82) is 0 Å². The van der Waals surface area contributed by atoms with Crippen LogP contribution in [-0.4, -0.2) is 28.2 Å². The smallest absolute Gasteiger partial charge is 0.236 e. The molecule has 2 rings (SSSR count). The summed E-state index contributed by atoms with van der Waals surface area (Å²) in [5.74, 6) is 1.09. The van der Waals surface area contributed by atoms with Gasteiger partial charge in [-0.25, -0.2) is 0 Å². The van der Waals surface area contributed by atoms with E-state index < -0.39 is 0 Å². The molecule has 1 heterocycles. The van der Waals surface area contributed by atoms with Crippen LogP contribution in [0.5, 0.6) is 0 Å². The number of rotatable bonds is 2. The van der Waals surface area contributed by atoms with Gasteiger partial charge < -0.3 is 4.90 Å². The highest BCUT2D eigenvalue weighted by atomic mass is 79.9. The summed E-state index contributed by atoms with van der Waals surface area (Å²) in [5, 5.41) is 0. The number of nitrogens with zero attached hydrogens (tertiary/aromatic N) is 1. The van der Waals surface area contributed by atoms with Crippen molar-refractivity contribution in [2.75, 3.05) is 6.54 Å². The highest BCUT2D eigenvalue weighted by Crippen LogP contribution is 2.34. The molecule has 1 amide bonds. The summed E-state index contributed by atoms with van der Waals surface area (Å²) in [6.45, 7) is 3.19. The third kappa shape index (κ3) is 1.83. The van der Waals surface area contributed by atoms with E-state index in [1.165, 1.54) is 19.3 Å². The fourth-order valence-electron chi connectivity index (χ4n) is 2.44. The lowest BCUT2D eigenvalue weighted by Crippen LogP contribution is -2.50. The fraction of sp³-hybridized carbons (Fsp3) is 0.909. The summed E-state index contributed by atoms with van der Waals surface area (Å²) < 4.78 is 0. The zero-order valence-corrected chi connectivity index (χ0v) is 10.3. The van der Waals surface area contributed by atoms with Crippen molar-refractivity contribution in [3.8, 4) is 0 Å². The van der Waals surface area contributed by atoms with Crippen molar-refractivity contribution < 1.29 is 4.79 Å². The Balaban J connectivity index is 1.97. The van der Waals surface area contributed by atoms with Gasteiger partial charge in [-0.1, -0.05) is 22.4 Å². The Labute approximate surface area is 94.2 Å². The first-order chi connectivity index (χ1) is 6.70. The van der Waals surface area contributed by atoms with Crippen molar-refractivity contribution in [3.63, 3.8) is 0 Å². The maximum atomic E-state index is 11.9. The topological polar surface area (TPSA) is 20.3 Å². The molecule has 1 aliphatic heterocycles. The number of halogens is 1. The van der Waals surface area contributed by atoms with E-state index in [4.69, 9.17) is 0 Å². The van der Waals surface area contributed by atoms with Gasteiger partial charge in [-0.15, -0.1) is 0 Å². The normalized spacial score (nSPS) is 31.4. The molecular formula is C11H18BrNO. The predicted octanol–water partition coefficient (Wildman–Crippen LogP) is 2.56. The second-order valence-electron chi connectivity index (χ2n) is 4.57. The van der Waals surface area contributed by atoms with Crippen molar-refractivity contribution in [2.24, 2.45) is 5.92 Å². The van der Waals surface area contributed by atoms with Crippen molar-refractivity contribution in [2.45, 2.75) is 49.9 Å². The molecule has 2 aliphatic rings. The lowest BCUT2D eigenvalue weighted by Gasteiger charge is -2.42. The van der Waals surface area contributed by atoms with Gasteiger partial charge in [0.05, 0.1) is 4.83 Å². The molecule has 2 nitrogen and oxygen atoms in total. The molecule has 2 fully saturated rings. The van der Waals surface area contributed by atoms with Gasteiger partial charge in [0.15, 0.2) is 0 Å². The third-order valence-electron chi connectivity index (χ3n) is 3.73. The third-order valence-corrected chi connectivity index (χ3v) is 4.58. The monoisotopic (exact) mass is 259 g/mol. The van der Waals surface area contributed by atoms with Crippen molar-refractivity contribution in [3.05, 3.63) is 0 Å². The highest BCUT2D eigenvalue weighted by Gasteiger charge is 2.35. The number of amides is 1. The van der Waals surface area contributed by atoms with Gasteiger partial charge >= 0.3 is 0 Å². The molecule has 80 valence electrons. The van der Waals surface area contributed by atoms with Crippen LogP contribution >= 0.6 is 15.9 Å². The molecule has 1 saturated heterocycles. The number of hydrogen-bond donors (Lipinski definition) is 0. The van der Waals surface area contributed by atoms with Crippen LogP contribution in [0.1, 0.15) is 39.0 Å². The summed E-state index contributed by atoms with van der Waals surface area (Å²) in [5.41, 5.74) is 0. The second-order valence-corrected chi connectivity index (χ2v) is 5.68. The number of likely N-dealkylation sites (tertiary alicyclic amines) is 1. The lowest BCUT2D eigenvalue weighted by molar-refractivity contribution is -0.136. The largest absolute Gasteiger partial charge is 0.339 e. The minimum Gasteiger partial charge on any atom is -0.339 e. The Morgan fingerprint density at radius 1 is 1.36 bits per heavy atom. The Hall–Kier alpha value is -0.0500. The zero-order chi connectivity index (χ0) is 10.1. The first-order valence-corrected chi connectivity index (χ1v) is 6.56. The molecule has 0 aromatic heterocycles. The van der Waals surface area contributed by atoms with Crippen LogP contribution in [0.15, 0.2) is 0 Å². The summed E-state index contributed by atoms with van der Waals surface area (Å²) in [6, 6.07) is 0.469. The van der Waals surface area contributed by atoms with Crippen molar-refractivity contribution in [1.82, 2.24) is 4.90 Å². The average molecular weight is 260 g/mol. The Kier molecular flexibility index (Phi) is 3.15. The lowest BCUT2D eigenvalue weighted by atomic mass is 9.79. The van der Waals surface area contributed by atoms with E-state index >= 15 is 0 Å². The van der Waals surface area contributed by atoms with Crippen LogP contribution < -0.4 is 0 Å². The quantitative estimate of drug-likeness (QED) is 0.699. The SMILES string of the molecule is CC(C1CCC1)N1CCCC(Br)C1=O. The number of hydrogen-bond acceptors (Lipinski definition) is 1. The number of alkyl halides is 1. The van der Waals surface area contributed by atoms with Crippen LogP contribution in [0.3, 0.4) is 0 Å². The van der Waals surface area contributed by atoms with E-state index in [0.29, 0.717) is 11.9 Å². The molecule has 1 saturated carbocycles. The van der Waals surface area contributed by atoms with Gasteiger partial charge in [-0.05, 0) is 38.5 Å².